The normalized spacial score (nSPS) is 11.5. The predicted molar refractivity (Wildman–Crippen MR) is 84.9 cm³/mol. The van der Waals surface area contributed by atoms with Crippen molar-refractivity contribution in [3.8, 4) is 11.4 Å². The van der Waals surface area contributed by atoms with Crippen molar-refractivity contribution in [3.05, 3.63) is 66.1 Å². The van der Waals surface area contributed by atoms with Crippen molar-refractivity contribution in [1.82, 2.24) is 14.9 Å². The second-order valence-electron chi connectivity index (χ2n) is 4.96. The van der Waals surface area contributed by atoms with Gasteiger partial charge in [0.05, 0.1) is 11.4 Å². The van der Waals surface area contributed by atoms with Gasteiger partial charge in [0.15, 0.2) is 0 Å². The van der Waals surface area contributed by atoms with Crippen molar-refractivity contribution in [2.45, 2.75) is 18.4 Å². The van der Waals surface area contributed by atoms with E-state index >= 15 is 0 Å². The third-order valence-electron chi connectivity index (χ3n) is 3.32. The molecule has 0 unspecified atom stereocenters. The first-order valence-electron chi connectivity index (χ1n) is 6.99. The van der Waals surface area contributed by atoms with Crippen molar-refractivity contribution in [1.29, 1.82) is 0 Å². The second-order valence-corrected chi connectivity index (χ2v) is 6.73. The molecule has 0 atom stereocenters. The minimum absolute atomic E-state index is 0.0594. The fourth-order valence-corrected chi connectivity index (χ4v) is 3.10. The van der Waals surface area contributed by atoms with Crippen molar-refractivity contribution >= 4 is 10.0 Å². The largest absolute Gasteiger partial charge is 0.338 e. The number of aryl methyl sites for hydroxylation is 1. The van der Waals surface area contributed by atoms with Crippen molar-refractivity contribution in [2.75, 3.05) is 0 Å². The maximum absolute atomic E-state index is 12.1. The molecule has 1 heterocycles. The Labute approximate surface area is 134 Å². The van der Waals surface area contributed by atoms with Crippen LogP contribution in [0.5, 0.6) is 0 Å². The van der Waals surface area contributed by atoms with Crippen LogP contribution in [0, 0.1) is 6.92 Å². The van der Waals surface area contributed by atoms with Crippen LogP contribution in [0.4, 0.5) is 0 Å². The number of rotatable bonds is 5. The highest BCUT2D eigenvalue weighted by atomic mass is 32.2. The van der Waals surface area contributed by atoms with E-state index in [0.717, 1.165) is 11.1 Å². The molecule has 0 bridgehead atoms. The number of benzene rings is 2. The summed E-state index contributed by atoms with van der Waals surface area (Å²) >= 11 is 0. The summed E-state index contributed by atoms with van der Waals surface area (Å²) in [6.45, 7) is 1.89. The third-order valence-corrected chi connectivity index (χ3v) is 4.74. The van der Waals surface area contributed by atoms with Crippen LogP contribution in [0.2, 0.25) is 0 Å². The first kappa shape index (κ1) is 15.4. The van der Waals surface area contributed by atoms with Crippen LogP contribution in [0.1, 0.15) is 11.5 Å². The van der Waals surface area contributed by atoms with E-state index in [1.807, 2.05) is 31.2 Å². The van der Waals surface area contributed by atoms with Gasteiger partial charge in [-0.1, -0.05) is 47.6 Å². The Bertz CT molecular complexity index is 905. The summed E-state index contributed by atoms with van der Waals surface area (Å²) in [4.78, 5) is 4.43. The number of sulfonamides is 1. The zero-order valence-corrected chi connectivity index (χ0v) is 13.2. The third kappa shape index (κ3) is 3.46. The molecule has 0 amide bonds. The fraction of sp³-hybridized carbons (Fsp3) is 0.125. The number of nitrogens with one attached hydrogen (secondary N) is 1. The van der Waals surface area contributed by atoms with E-state index in [4.69, 9.17) is 4.52 Å². The van der Waals surface area contributed by atoms with Crippen LogP contribution >= 0.6 is 0 Å². The van der Waals surface area contributed by atoms with Crippen LogP contribution in [-0.2, 0) is 16.6 Å². The minimum atomic E-state index is -3.60. The predicted octanol–water partition coefficient (Wildman–Crippen LogP) is 2.52. The minimum Gasteiger partial charge on any atom is -0.338 e. The molecule has 0 fully saturated rings. The monoisotopic (exact) mass is 329 g/mol. The molecule has 0 spiro atoms. The zero-order chi connectivity index (χ0) is 16.3. The van der Waals surface area contributed by atoms with Gasteiger partial charge in [0.25, 0.3) is 0 Å². The highest BCUT2D eigenvalue weighted by Crippen LogP contribution is 2.19. The molecule has 1 N–H and O–H groups in total. The Kier molecular flexibility index (Phi) is 4.22. The average molecular weight is 329 g/mol. The molecule has 0 aliphatic rings. The van der Waals surface area contributed by atoms with Gasteiger partial charge in [0.2, 0.25) is 21.7 Å². The number of nitrogens with zero attached hydrogens (tertiary/aromatic N) is 2. The molecular formula is C16H15N3O3S. The van der Waals surface area contributed by atoms with Crippen LogP contribution in [-0.4, -0.2) is 18.6 Å². The molecule has 0 saturated carbocycles. The molecule has 118 valence electrons. The molecule has 2 aromatic carbocycles. The lowest BCUT2D eigenvalue weighted by Gasteiger charge is -2.03. The van der Waals surface area contributed by atoms with Gasteiger partial charge in [-0.2, -0.15) is 4.98 Å². The number of hydrogen-bond acceptors (Lipinski definition) is 5. The van der Waals surface area contributed by atoms with Gasteiger partial charge in [0, 0.05) is 5.56 Å². The van der Waals surface area contributed by atoms with E-state index in [2.05, 4.69) is 14.9 Å². The highest BCUT2D eigenvalue weighted by molar-refractivity contribution is 7.89. The van der Waals surface area contributed by atoms with Crippen molar-refractivity contribution < 1.29 is 12.9 Å². The smallest absolute Gasteiger partial charge is 0.242 e. The average Bonchev–Trinajstić information content (AvgIpc) is 3.03. The lowest BCUT2D eigenvalue weighted by atomic mass is 10.1. The molecule has 7 heteroatoms. The van der Waals surface area contributed by atoms with Gasteiger partial charge >= 0.3 is 0 Å². The van der Waals surface area contributed by atoms with Gasteiger partial charge in [0.1, 0.15) is 0 Å². The van der Waals surface area contributed by atoms with E-state index in [1.54, 1.807) is 18.2 Å². The Hall–Kier alpha value is -2.51. The molecule has 1 aromatic heterocycles. The van der Waals surface area contributed by atoms with Crippen LogP contribution in [0.3, 0.4) is 0 Å². The zero-order valence-electron chi connectivity index (χ0n) is 12.4. The summed E-state index contributed by atoms with van der Waals surface area (Å²) in [5.74, 6) is 0.653. The summed E-state index contributed by atoms with van der Waals surface area (Å²) in [5, 5.41) is 3.90. The van der Waals surface area contributed by atoms with E-state index in [0.29, 0.717) is 5.82 Å². The standard InChI is InChI=1S/C16H15N3O3S/c1-12-7-5-6-10-14(12)16-18-15(22-19-16)11-17-23(20,21)13-8-3-2-4-9-13/h2-10,17H,11H2,1H3. The molecule has 0 aliphatic carbocycles. The summed E-state index contributed by atoms with van der Waals surface area (Å²) < 4.78 is 31.8. The second kappa shape index (κ2) is 6.31. The maximum Gasteiger partial charge on any atom is 0.242 e. The van der Waals surface area contributed by atoms with E-state index in [9.17, 15) is 8.42 Å². The summed E-state index contributed by atoms with van der Waals surface area (Å²) in [7, 11) is -3.60. The highest BCUT2D eigenvalue weighted by Gasteiger charge is 2.16. The molecular weight excluding hydrogens is 314 g/mol. The molecule has 23 heavy (non-hydrogen) atoms. The Morgan fingerprint density at radius 1 is 1.04 bits per heavy atom. The van der Waals surface area contributed by atoms with Gasteiger partial charge < -0.3 is 4.52 Å². The Balaban J connectivity index is 1.74. The van der Waals surface area contributed by atoms with Gasteiger partial charge in [-0.3, -0.25) is 0 Å². The first-order valence-corrected chi connectivity index (χ1v) is 8.48. The van der Waals surface area contributed by atoms with Crippen LogP contribution in [0.15, 0.2) is 64.0 Å². The maximum atomic E-state index is 12.1. The summed E-state index contributed by atoms with van der Waals surface area (Å²) in [6, 6.07) is 15.8. The fourth-order valence-electron chi connectivity index (χ4n) is 2.10. The molecule has 0 radical (unpaired) electrons. The van der Waals surface area contributed by atoms with Crippen molar-refractivity contribution in [3.63, 3.8) is 0 Å². The summed E-state index contributed by atoms with van der Waals surface area (Å²) in [6.07, 6.45) is 0. The first-order chi connectivity index (χ1) is 11.1. The van der Waals surface area contributed by atoms with Gasteiger partial charge in [-0.25, -0.2) is 13.1 Å². The van der Waals surface area contributed by atoms with Crippen LogP contribution < -0.4 is 4.72 Å². The molecule has 3 aromatic rings. The topological polar surface area (TPSA) is 85.1 Å². The van der Waals surface area contributed by atoms with Crippen LogP contribution in [0.25, 0.3) is 11.4 Å². The van der Waals surface area contributed by atoms with E-state index < -0.39 is 10.0 Å². The summed E-state index contributed by atoms with van der Waals surface area (Å²) in [5.41, 5.74) is 1.87. The lowest BCUT2D eigenvalue weighted by molar-refractivity contribution is 0.376. The molecule has 0 aliphatic heterocycles. The van der Waals surface area contributed by atoms with Crippen molar-refractivity contribution in [2.24, 2.45) is 0 Å². The number of hydrogen-bond donors (Lipinski definition) is 1. The van der Waals surface area contributed by atoms with Gasteiger partial charge in [-0.05, 0) is 24.6 Å². The molecule has 3 rings (SSSR count). The van der Waals surface area contributed by atoms with E-state index in [1.165, 1.54) is 12.1 Å². The van der Waals surface area contributed by atoms with E-state index in [-0.39, 0.29) is 17.3 Å². The quantitative estimate of drug-likeness (QED) is 0.777. The SMILES string of the molecule is Cc1ccccc1-c1noc(CNS(=O)(=O)c2ccccc2)n1. The lowest BCUT2D eigenvalue weighted by Crippen LogP contribution is -2.23. The number of aromatic nitrogens is 2. The van der Waals surface area contributed by atoms with Gasteiger partial charge in [-0.15, -0.1) is 0 Å². The Morgan fingerprint density at radius 3 is 2.48 bits per heavy atom. The Morgan fingerprint density at radius 2 is 1.74 bits per heavy atom. The molecule has 0 saturated heterocycles. The molecule has 6 nitrogen and oxygen atoms in total.